The highest BCUT2D eigenvalue weighted by Gasteiger charge is 2.28. The fourth-order valence-corrected chi connectivity index (χ4v) is 1.87. The number of furan rings is 1. The zero-order chi connectivity index (χ0) is 14.4. The first-order valence-corrected chi connectivity index (χ1v) is 6.64. The third kappa shape index (κ3) is 3.84. The van der Waals surface area contributed by atoms with E-state index in [0.29, 0.717) is 13.1 Å². The van der Waals surface area contributed by atoms with Gasteiger partial charge in [0.2, 0.25) is 5.91 Å². The molecule has 0 aliphatic heterocycles. The van der Waals surface area contributed by atoms with Crippen LogP contribution in [0.25, 0.3) is 0 Å². The standard InChI is InChI=1S/C14H22N2O3/c1-5-16(6-2)14(18)12(10(3)4)15-13(17)11-8-7-9-19-11/h7-10,12H,5-6H2,1-4H3,(H,15,17). The second kappa shape index (κ2) is 6.97. The van der Waals surface area contributed by atoms with Crippen molar-refractivity contribution in [1.29, 1.82) is 0 Å². The summed E-state index contributed by atoms with van der Waals surface area (Å²) >= 11 is 0. The zero-order valence-corrected chi connectivity index (χ0v) is 12.0. The number of nitrogens with zero attached hydrogens (tertiary/aromatic N) is 1. The van der Waals surface area contributed by atoms with Gasteiger partial charge in [0.1, 0.15) is 6.04 Å². The monoisotopic (exact) mass is 266 g/mol. The minimum atomic E-state index is -0.530. The van der Waals surface area contributed by atoms with Crippen molar-refractivity contribution in [2.75, 3.05) is 13.1 Å². The summed E-state index contributed by atoms with van der Waals surface area (Å²) in [4.78, 5) is 26.0. The molecule has 0 radical (unpaired) electrons. The molecule has 1 unspecified atom stereocenters. The first-order valence-electron chi connectivity index (χ1n) is 6.64. The lowest BCUT2D eigenvalue weighted by Crippen LogP contribution is -2.51. The van der Waals surface area contributed by atoms with Crippen LogP contribution in [0.3, 0.4) is 0 Å². The van der Waals surface area contributed by atoms with Crippen LogP contribution < -0.4 is 5.32 Å². The highest BCUT2D eigenvalue weighted by atomic mass is 16.3. The number of rotatable bonds is 6. The predicted molar refractivity (Wildman–Crippen MR) is 72.7 cm³/mol. The van der Waals surface area contributed by atoms with Gasteiger partial charge in [-0.25, -0.2) is 0 Å². The minimum absolute atomic E-state index is 0.0204. The third-order valence-corrected chi connectivity index (χ3v) is 3.04. The van der Waals surface area contributed by atoms with Gasteiger partial charge in [0.15, 0.2) is 5.76 Å². The molecule has 1 atom stereocenters. The molecule has 0 bridgehead atoms. The number of likely N-dealkylation sites (N-methyl/N-ethyl adjacent to an activating group) is 1. The normalized spacial score (nSPS) is 12.3. The van der Waals surface area contributed by atoms with Crippen molar-refractivity contribution in [3.8, 4) is 0 Å². The smallest absolute Gasteiger partial charge is 0.287 e. The maximum atomic E-state index is 12.3. The van der Waals surface area contributed by atoms with E-state index in [4.69, 9.17) is 4.42 Å². The highest BCUT2D eigenvalue weighted by molar-refractivity contribution is 5.95. The molecule has 0 saturated carbocycles. The van der Waals surface area contributed by atoms with Crippen LogP contribution in [0.1, 0.15) is 38.2 Å². The SMILES string of the molecule is CCN(CC)C(=O)C(NC(=O)c1ccco1)C(C)C. The Morgan fingerprint density at radius 3 is 2.37 bits per heavy atom. The van der Waals surface area contributed by atoms with Crippen LogP contribution in [0.4, 0.5) is 0 Å². The topological polar surface area (TPSA) is 62.6 Å². The van der Waals surface area contributed by atoms with Crippen LogP contribution in [0, 0.1) is 5.92 Å². The number of hydrogen-bond acceptors (Lipinski definition) is 3. The maximum absolute atomic E-state index is 12.3. The van der Waals surface area contributed by atoms with E-state index in [0.717, 1.165) is 0 Å². The summed E-state index contributed by atoms with van der Waals surface area (Å²) in [6.45, 7) is 8.94. The summed E-state index contributed by atoms with van der Waals surface area (Å²) < 4.78 is 5.03. The second-order valence-corrected chi connectivity index (χ2v) is 4.68. The van der Waals surface area contributed by atoms with E-state index in [1.54, 1.807) is 17.0 Å². The Morgan fingerprint density at radius 1 is 1.32 bits per heavy atom. The van der Waals surface area contributed by atoms with E-state index in [1.807, 2.05) is 27.7 Å². The molecule has 5 heteroatoms. The molecule has 1 aromatic heterocycles. The van der Waals surface area contributed by atoms with Gasteiger partial charge in [-0.1, -0.05) is 13.8 Å². The van der Waals surface area contributed by atoms with Gasteiger partial charge in [-0.05, 0) is 31.9 Å². The van der Waals surface area contributed by atoms with Crippen molar-refractivity contribution in [2.24, 2.45) is 5.92 Å². The van der Waals surface area contributed by atoms with E-state index in [9.17, 15) is 9.59 Å². The van der Waals surface area contributed by atoms with Gasteiger partial charge in [0.25, 0.3) is 5.91 Å². The van der Waals surface area contributed by atoms with Gasteiger partial charge < -0.3 is 14.6 Å². The molecule has 0 saturated heterocycles. The Bertz CT molecular complexity index is 408. The minimum Gasteiger partial charge on any atom is -0.459 e. The summed E-state index contributed by atoms with van der Waals surface area (Å²) in [7, 11) is 0. The van der Waals surface area contributed by atoms with Crippen LogP contribution in [-0.2, 0) is 4.79 Å². The number of carbonyl (C=O) groups is 2. The summed E-state index contributed by atoms with van der Waals surface area (Å²) in [6, 6.07) is 2.69. The van der Waals surface area contributed by atoms with Crippen molar-refractivity contribution in [3.05, 3.63) is 24.2 Å². The molecule has 5 nitrogen and oxygen atoms in total. The van der Waals surface area contributed by atoms with Gasteiger partial charge in [0, 0.05) is 13.1 Å². The zero-order valence-electron chi connectivity index (χ0n) is 12.0. The number of amides is 2. The lowest BCUT2D eigenvalue weighted by Gasteiger charge is -2.27. The van der Waals surface area contributed by atoms with E-state index in [-0.39, 0.29) is 23.5 Å². The van der Waals surface area contributed by atoms with E-state index >= 15 is 0 Å². The Labute approximate surface area is 114 Å². The number of nitrogens with one attached hydrogen (secondary N) is 1. The van der Waals surface area contributed by atoms with Crippen molar-refractivity contribution < 1.29 is 14.0 Å². The van der Waals surface area contributed by atoms with Gasteiger partial charge in [-0.15, -0.1) is 0 Å². The van der Waals surface area contributed by atoms with Crippen molar-refractivity contribution in [1.82, 2.24) is 10.2 Å². The van der Waals surface area contributed by atoms with Gasteiger partial charge >= 0.3 is 0 Å². The first kappa shape index (κ1) is 15.3. The molecule has 0 fully saturated rings. The van der Waals surface area contributed by atoms with Gasteiger partial charge in [-0.2, -0.15) is 0 Å². The molecular formula is C14H22N2O3. The molecule has 1 N–H and O–H groups in total. The molecule has 1 rings (SSSR count). The number of hydrogen-bond donors (Lipinski definition) is 1. The Balaban J connectivity index is 2.78. The molecule has 1 aromatic rings. The van der Waals surface area contributed by atoms with Crippen LogP contribution in [0.2, 0.25) is 0 Å². The summed E-state index contributed by atoms with van der Waals surface area (Å²) in [5.41, 5.74) is 0. The maximum Gasteiger partial charge on any atom is 0.287 e. The summed E-state index contributed by atoms with van der Waals surface area (Å²) in [5, 5.41) is 2.74. The van der Waals surface area contributed by atoms with Crippen molar-refractivity contribution in [2.45, 2.75) is 33.7 Å². The average Bonchev–Trinajstić information content (AvgIpc) is 2.90. The fourth-order valence-electron chi connectivity index (χ4n) is 1.87. The van der Waals surface area contributed by atoms with Gasteiger partial charge in [-0.3, -0.25) is 9.59 Å². The molecule has 19 heavy (non-hydrogen) atoms. The quantitative estimate of drug-likeness (QED) is 0.855. The van der Waals surface area contributed by atoms with Gasteiger partial charge in [0.05, 0.1) is 6.26 Å². The molecular weight excluding hydrogens is 244 g/mol. The molecule has 0 aromatic carbocycles. The third-order valence-electron chi connectivity index (χ3n) is 3.04. The van der Waals surface area contributed by atoms with E-state index in [1.165, 1.54) is 6.26 Å². The van der Waals surface area contributed by atoms with Crippen molar-refractivity contribution in [3.63, 3.8) is 0 Å². The number of carbonyl (C=O) groups excluding carboxylic acids is 2. The van der Waals surface area contributed by atoms with Crippen LogP contribution in [0.15, 0.2) is 22.8 Å². The van der Waals surface area contributed by atoms with Crippen LogP contribution >= 0.6 is 0 Å². The summed E-state index contributed by atoms with van der Waals surface area (Å²) in [6.07, 6.45) is 1.44. The van der Waals surface area contributed by atoms with Crippen LogP contribution in [0.5, 0.6) is 0 Å². The Kier molecular flexibility index (Phi) is 5.60. The second-order valence-electron chi connectivity index (χ2n) is 4.68. The lowest BCUT2D eigenvalue weighted by atomic mass is 10.0. The Morgan fingerprint density at radius 2 is 1.95 bits per heavy atom. The Hall–Kier alpha value is -1.78. The lowest BCUT2D eigenvalue weighted by molar-refractivity contribution is -0.133. The molecule has 0 spiro atoms. The molecule has 106 valence electrons. The van der Waals surface area contributed by atoms with E-state index < -0.39 is 6.04 Å². The summed E-state index contributed by atoms with van der Waals surface area (Å²) in [5.74, 6) is -0.172. The van der Waals surface area contributed by atoms with E-state index in [2.05, 4.69) is 5.32 Å². The fraction of sp³-hybridized carbons (Fsp3) is 0.571. The highest BCUT2D eigenvalue weighted by Crippen LogP contribution is 2.08. The molecule has 0 aliphatic carbocycles. The molecule has 2 amide bonds. The predicted octanol–water partition coefficient (Wildman–Crippen LogP) is 1.90. The van der Waals surface area contributed by atoms with Crippen LogP contribution in [-0.4, -0.2) is 35.8 Å². The molecule has 1 heterocycles. The van der Waals surface area contributed by atoms with Crippen molar-refractivity contribution >= 4 is 11.8 Å². The first-order chi connectivity index (χ1) is 9.01. The molecule has 0 aliphatic rings. The average molecular weight is 266 g/mol. The largest absolute Gasteiger partial charge is 0.459 e.